The van der Waals surface area contributed by atoms with E-state index in [2.05, 4.69) is 9.82 Å². The maximum atomic E-state index is 12.6. The van der Waals surface area contributed by atoms with E-state index >= 15 is 0 Å². The first-order valence-electron chi connectivity index (χ1n) is 6.31. The first-order chi connectivity index (χ1) is 10.8. The first-order valence-corrected chi connectivity index (χ1v) is 9.36. The third kappa shape index (κ3) is 2.87. The van der Waals surface area contributed by atoms with Crippen molar-refractivity contribution in [2.45, 2.75) is 4.90 Å². The molecule has 0 aliphatic rings. The van der Waals surface area contributed by atoms with E-state index in [1.54, 1.807) is 23.9 Å². The van der Waals surface area contributed by atoms with Crippen LogP contribution in [0, 0.1) is 0 Å². The molecule has 0 bridgehead atoms. The molecular formula is C13H11Cl2N3O3S2. The van der Waals surface area contributed by atoms with Crippen LogP contribution in [0.2, 0.25) is 8.67 Å². The number of sulfonamides is 1. The summed E-state index contributed by atoms with van der Waals surface area (Å²) in [5, 5.41) is 4.79. The summed E-state index contributed by atoms with van der Waals surface area (Å²) in [7, 11) is -0.688. The minimum atomic E-state index is -3.91. The van der Waals surface area contributed by atoms with Crippen LogP contribution in [0.15, 0.2) is 29.2 Å². The van der Waals surface area contributed by atoms with Crippen LogP contribution < -0.4 is 9.46 Å². The van der Waals surface area contributed by atoms with Crippen LogP contribution in [-0.4, -0.2) is 25.3 Å². The highest BCUT2D eigenvalue weighted by atomic mass is 35.5. The molecule has 2 heterocycles. The average molecular weight is 392 g/mol. The van der Waals surface area contributed by atoms with Crippen LogP contribution in [0.3, 0.4) is 0 Å². The highest BCUT2D eigenvalue weighted by Crippen LogP contribution is 2.37. The summed E-state index contributed by atoms with van der Waals surface area (Å²) in [5.74, 6) is 0.682. The Bertz CT molecular complexity index is 995. The van der Waals surface area contributed by atoms with Crippen LogP contribution in [0.4, 0.5) is 5.82 Å². The highest BCUT2D eigenvalue weighted by molar-refractivity contribution is 7.93. The molecule has 0 aliphatic heterocycles. The van der Waals surface area contributed by atoms with Crippen molar-refractivity contribution in [3.8, 4) is 5.75 Å². The van der Waals surface area contributed by atoms with E-state index < -0.39 is 10.0 Å². The van der Waals surface area contributed by atoms with E-state index in [1.807, 2.05) is 6.07 Å². The van der Waals surface area contributed by atoms with E-state index in [0.717, 1.165) is 16.9 Å². The van der Waals surface area contributed by atoms with Crippen molar-refractivity contribution in [1.29, 1.82) is 0 Å². The van der Waals surface area contributed by atoms with Gasteiger partial charge in [-0.25, -0.2) is 8.42 Å². The summed E-state index contributed by atoms with van der Waals surface area (Å²) < 4.78 is 34.8. The molecule has 0 saturated carbocycles. The summed E-state index contributed by atoms with van der Waals surface area (Å²) in [6.45, 7) is 0. The number of hydrogen-bond donors (Lipinski definition) is 1. The van der Waals surface area contributed by atoms with Crippen molar-refractivity contribution in [3.05, 3.63) is 32.9 Å². The van der Waals surface area contributed by atoms with Gasteiger partial charge < -0.3 is 4.74 Å². The van der Waals surface area contributed by atoms with Gasteiger partial charge in [0.1, 0.15) is 15.0 Å². The molecule has 2 aromatic heterocycles. The molecule has 3 aromatic rings. The number of methoxy groups -OCH3 is 1. The molecule has 1 N–H and O–H groups in total. The number of benzene rings is 1. The molecule has 1 aromatic carbocycles. The largest absolute Gasteiger partial charge is 0.496 e. The third-order valence-electron chi connectivity index (χ3n) is 3.21. The number of ether oxygens (including phenoxy) is 1. The molecule has 10 heteroatoms. The van der Waals surface area contributed by atoms with Gasteiger partial charge in [0.05, 0.1) is 22.3 Å². The molecule has 0 unspecified atom stereocenters. The molecule has 0 aliphatic carbocycles. The van der Waals surface area contributed by atoms with Crippen molar-refractivity contribution in [1.82, 2.24) is 9.78 Å². The number of halogens is 2. The normalized spacial score (nSPS) is 11.8. The van der Waals surface area contributed by atoms with Gasteiger partial charge in [-0.2, -0.15) is 5.10 Å². The fourth-order valence-corrected chi connectivity index (χ4v) is 5.37. The average Bonchev–Trinajstić information content (AvgIpc) is 2.99. The Hall–Kier alpha value is -1.48. The Kier molecular flexibility index (Phi) is 4.18. The maximum Gasteiger partial charge on any atom is 0.265 e. The lowest BCUT2D eigenvalue weighted by molar-refractivity contribution is 0.420. The molecule has 0 fully saturated rings. The Balaban J connectivity index is 2.13. The van der Waals surface area contributed by atoms with E-state index in [-0.39, 0.29) is 15.0 Å². The standard InChI is InChI=1S/C13H11Cl2N3O3S2/c1-18-7-4-3-5-8(21-2)11(7)13(16-18)17-23(19,20)9-6-10(14)22-12(9)15/h3-6H,1-2H3,(H,16,17). The summed E-state index contributed by atoms with van der Waals surface area (Å²) >= 11 is 12.8. The zero-order chi connectivity index (χ0) is 16.8. The van der Waals surface area contributed by atoms with Gasteiger partial charge in [-0.3, -0.25) is 9.40 Å². The number of nitrogens with one attached hydrogen (secondary N) is 1. The summed E-state index contributed by atoms with van der Waals surface area (Å²) in [6, 6.07) is 6.66. The van der Waals surface area contributed by atoms with Gasteiger partial charge in [0, 0.05) is 7.05 Å². The van der Waals surface area contributed by atoms with Gasteiger partial charge in [0.2, 0.25) is 0 Å². The van der Waals surface area contributed by atoms with Gasteiger partial charge >= 0.3 is 0 Å². The third-order valence-corrected chi connectivity index (χ3v) is 6.30. The van der Waals surface area contributed by atoms with Crippen molar-refractivity contribution in [3.63, 3.8) is 0 Å². The second-order valence-electron chi connectivity index (χ2n) is 4.62. The second-order valence-corrected chi connectivity index (χ2v) is 8.56. The molecule has 23 heavy (non-hydrogen) atoms. The molecule has 122 valence electrons. The van der Waals surface area contributed by atoms with Crippen molar-refractivity contribution >= 4 is 61.3 Å². The number of thiophene rings is 1. The van der Waals surface area contributed by atoms with Gasteiger partial charge in [-0.05, 0) is 18.2 Å². The molecule has 0 radical (unpaired) electrons. The molecular weight excluding hydrogens is 381 g/mol. The van der Waals surface area contributed by atoms with Crippen molar-refractivity contribution in [2.75, 3.05) is 11.8 Å². The van der Waals surface area contributed by atoms with Crippen LogP contribution in [0.5, 0.6) is 5.75 Å². The first kappa shape index (κ1) is 16.4. The Morgan fingerprint density at radius 2 is 2.09 bits per heavy atom. The van der Waals surface area contributed by atoms with Gasteiger partial charge in [-0.1, -0.05) is 29.3 Å². The maximum absolute atomic E-state index is 12.6. The zero-order valence-corrected chi connectivity index (χ0v) is 15.1. The van der Waals surface area contributed by atoms with Crippen molar-refractivity contribution < 1.29 is 13.2 Å². The molecule has 0 atom stereocenters. The van der Waals surface area contributed by atoms with Gasteiger partial charge in [0.15, 0.2) is 5.82 Å². The molecule has 0 amide bonds. The number of fused-ring (bicyclic) bond motifs is 1. The molecule has 6 nitrogen and oxygen atoms in total. The Labute approximate surface area is 146 Å². The topological polar surface area (TPSA) is 73.2 Å². The minimum Gasteiger partial charge on any atom is -0.496 e. The lowest BCUT2D eigenvalue weighted by Crippen LogP contribution is -2.13. The number of rotatable bonds is 4. The fourth-order valence-electron chi connectivity index (χ4n) is 2.21. The van der Waals surface area contributed by atoms with Gasteiger partial charge in [0.25, 0.3) is 10.0 Å². The lowest BCUT2D eigenvalue weighted by Gasteiger charge is -2.06. The second kappa shape index (κ2) is 5.86. The highest BCUT2D eigenvalue weighted by Gasteiger charge is 2.24. The number of aromatic nitrogens is 2. The zero-order valence-electron chi connectivity index (χ0n) is 12.0. The smallest absolute Gasteiger partial charge is 0.265 e. The Morgan fingerprint density at radius 3 is 2.70 bits per heavy atom. The lowest BCUT2D eigenvalue weighted by atomic mass is 10.2. The van der Waals surface area contributed by atoms with Crippen LogP contribution in [0.25, 0.3) is 10.9 Å². The number of aryl methyl sites for hydroxylation is 1. The number of anilines is 1. The van der Waals surface area contributed by atoms with Crippen LogP contribution in [-0.2, 0) is 17.1 Å². The predicted molar refractivity (Wildman–Crippen MR) is 92.4 cm³/mol. The quantitative estimate of drug-likeness (QED) is 0.734. The number of hydrogen-bond acceptors (Lipinski definition) is 5. The van der Waals surface area contributed by atoms with E-state index in [4.69, 9.17) is 27.9 Å². The SMILES string of the molecule is COc1cccc2c1c(NS(=O)(=O)c1cc(Cl)sc1Cl)nn2C. The molecule has 0 spiro atoms. The summed E-state index contributed by atoms with van der Waals surface area (Å²) in [4.78, 5) is -0.0807. The summed E-state index contributed by atoms with van der Waals surface area (Å²) in [6.07, 6.45) is 0. The Morgan fingerprint density at radius 1 is 1.35 bits per heavy atom. The van der Waals surface area contributed by atoms with Crippen molar-refractivity contribution in [2.24, 2.45) is 7.05 Å². The monoisotopic (exact) mass is 391 g/mol. The molecule has 0 saturated heterocycles. The van der Waals surface area contributed by atoms with Crippen LogP contribution >= 0.6 is 34.5 Å². The van der Waals surface area contributed by atoms with E-state index in [1.165, 1.54) is 13.2 Å². The van der Waals surface area contributed by atoms with E-state index in [9.17, 15) is 8.42 Å². The predicted octanol–water partition coefficient (Wildman–Crippen LogP) is 3.75. The van der Waals surface area contributed by atoms with Gasteiger partial charge in [-0.15, -0.1) is 11.3 Å². The van der Waals surface area contributed by atoms with Crippen LogP contribution in [0.1, 0.15) is 0 Å². The fraction of sp³-hybridized carbons (Fsp3) is 0.154. The van der Waals surface area contributed by atoms with E-state index in [0.29, 0.717) is 15.5 Å². The summed E-state index contributed by atoms with van der Waals surface area (Å²) in [5.41, 5.74) is 0.733. The molecule has 3 rings (SSSR count). The number of nitrogens with zero attached hydrogens (tertiary/aromatic N) is 2. The minimum absolute atomic E-state index is 0.0807.